The molecule has 0 spiro atoms. The number of thiazole rings is 1. The highest BCUT2D eigenvalue weighted by Crippen LogP contribution is 2.35. The van der Waals surface area contributed by atoms with Crippen LogP contribution in [0, 0.1) is 15.9 Å². The molecular formula is C33H29FN4O5S. The molecule has 11 heteroatoms. The fraction of sp³-hybridized carbons (Fsp3) is 0.242. The second-order valence-electron chi connectivity index (χ2n) is 10.5. The van der Waals surface area contributed by atoms with Crippen molar-refractivity contribution in [2.24, 2.45) is 4.99 Å². The first-order valence-electron chi connectivity index (χ1n) is 14.4. The Morgan fingerprint density at radius 1 is 1.09 bits per heavy atom. The first-order valence-corrected chi connectivity index (χ1v) is 15.2. The summed E-state index contributed by atoms with van der Waals surface area (Å²) in [5.41, 5.74) is 2.55. The SMILES string of the molecule is CCOC(=O)C1=C(c2ccccc2)N=c2s/c(=C/c3cc([N+](=O)[O-])ccc3N3CCCCC3)c(=O)n2C1c1ccc(F)cc1. The Morgan fingerprint density at radius 3 is 2.50 bits per heavy atom. The van der Waals surface area contributed by atoms with Crippen LogP contribution in [0.2, 0.25) is 0 Å². The summed E-state index contributed by atoms with van der Waals surface area (Å²) in [6.07, 6.45) is 4.80. The molecule has 0 saturated carbocycles. The van der Waals surface area contributed by atoms with Crippen LogP contribution in [-0.2, 0) is 9.53 Å². The van der Waals surface area contributed by atoms with Gasteiger partial charge in [0.25, 0.3) is 11.2 Å². The summed E-state index contributed by atoms with van der Waals surface area (Å²) in [6, 6.07) is 18.5. The van der Waals surface area contributed by atoms with Crippen LogP contribution in [0.25, 0.3) is 11.8 Å². The van der Waals surface area contributed by atoms with E-state index in [9.17, 15) is 24.1 Å². The third-order valence-electron chi connectivity index (χ3n) is 7.76. The van der Waals surface area contributed by atoms with Gasteiger partial charge in [-0.3, -0.25) is 19.5 Å². The van der Waals surface area contributed by atoms with E-state index in [4.69, 9.17) is 9.73 Å². The smallest absolute Gasteiger partial charge is 0.338 e. The maximum absolute atomic E-state index is 14.2. The Labute approximate surface area is 256 Å². The van der Waals surface area contributed by atoms with Crippen LogP contribution in [-0.4, -0.2) is 35.2 Å². The van der Waals surface area contributed by atoms with Crippen molar-refractivity contribution in [1.82, 2.24) is 4.57 Å². The number of anilines is 1. The zero-order chi connectivity index (χ0) is 30.8. The van der Waals surface area contributed by atoms with Gasteiger partial charge in [-0.25, -0.2) is 14.2 Å². The van der Waals surface area contributed by atoms with Gasteiger partial charge in [-0.2, -0.15) is 0 Å². The highest BCUT2D eigenvalue weighted by Gasteiger charge is 2.35. The first-order chi connectivity index (χ1) is 21.4. The lowest BCUT2D eigenvalue weighted by molar-refractivity contribution is -0.384. The summed E-state index contributed by atoms with van der Waals surface area (Å²) in [6.45, 7) is 3.43. The van der Waals surface area contributed by atoms with Gasteiger partial charge in [0, 0.05) is 42.0 Å². The molecule has 1 atom stereocenters. The highest BCUT2D eigenvalue weighted by molar-refractivity contribution is 7.07. The summed E-state index contributed by atoms with van der Waals surface area (Å²) in [7, 11) is 0. The third-order valence-corrected chi connectivity index (χ3v) is 8.75. The molecule has 224 valence electrons. The van der Waals surface area contributed by atoms with Crippen molar-refractivity contribution in [2.75, 3.05) is 24.6 Å². The lowest BCUT2D eigenvalue weighted by atomic mass is 9.93. The molecule has 3 heterocycles. The number of aromatic nitrogens is 1. The Bertz CT molecular complexity index is 1940. The van der Waals surface area contributed by atoms with E-state index in [1.165, 1.54) is 28.8 Å². The van der Waals surface area contributed by atoms with Crippen LogP contribution in [0.4, 0.5) is 15.8 Å². The van der Waals surface area contributed by atoms with Gasteiger partial charge in [0.15, 0.2) is 4.80 Å². The number of piperidine rings is 1. The third kappa shape index (κ3) is 5.58. The molecule has 44 heavy (non-hydrogen) atoms. The fourth-order valence-corrected chi connectivity index (χ4v) is 6.73. The van der Waals surface area contributed by atoms with E-state index in [1.54, 1.807) is 31.2 Å². The number of ether oxygens (including phenoxy) is 1. The predicted octanol–water partition coefficient (Wildman–Crippen LogP) is 4.97. The number of carbonyl (C=O) groups is 1. The molecule has 0 N–H and O–H groups in total. The molecule has 1 fully saturated rings. The van der Waals surface area contributed by atoms with Gasteiger partial charge < -0.3 is 9.64 Å². The van der Waals surface area contributed by atoms with E-state index >= 15 is 0 Å². The fourth-order valence-electron chi connectivity index (χ4n) is 5.74. The van der Waals surface area contributed by atoms with E-state index in [2.05, 4.69) is 4.90 Å². The van der Waals surface area contributed by atoms with Crippen LogP contribution < -0.4 is 19.8 Å². The van der Waals surface area contributed by atoms with E-state index in [0.29, 0.717) is 31.7 Å². The Morgan fingerprint density at radius 2 is 1.82 bits per heavy atom. The van der Waals surface area contributed by atoms with E-state index < -0.39 is 28.3 Å². The number of halogens is 1. The van der Waals surface area contributed by atoms with E-state index in [0.717, 1.165) is 49.4 Å². The van der Waals surface area contributed by atoms with Crippen molar-refractivity contribution in [1.29, 1.82) is 0 Å². The lowest BCUT2D eigenvalue weighted by Crippen LogP contribution is -2.40. The van der Waals surface area contributed by atoms with Crippen LogP contribution in [0.15, 0.2) is 88.2 Å². The Balaban J connectivity index is 1.62. The standard InChI is InChI=1S/C33H29FN4O5S/c1-2-43-32(40)28-29(21-9-5-3-6-10-21)35-33-37(30(28)22-11-13-24(34)14-12-22)31(39)27(44-33)20-23-19-25(38(41)42)15-16-26(23)36-17-7-4-8-18-36/h3,5-6,9-16,19-20,30H,2,4,7-8,17-18H2,1H3/b27-20+. The van der Waals surface area contributed by atoms with E-state index in [-0.39, 0.29) is 17.9 Å². The second kappa shape index (κ2) is 12.4. The van der Waals surface area contributed by atoms with Gasteiger partial charge in [0.1, 0.15) is 5.82 Å². The molecule has 1 aromatic heterocycles. The number of hydrogen-bond acceptors (Lipinski definition) is 8. The molecular weight excluding hydrogens is 583 g/mol. The molecule has 0 radical (unpaired) electrons. The minimum absolute atomic E-state index is 0.0788. The maximum atomic E-state index is 14.2. The van der Waals surface area contributed by atoms with Gasteiger partial charge in [0.05, 0.1) is 33.4 Å². The molecule has 4 aromatic rings. The first kappa shape index (κ1) is 29.2. The minimum atomic E-state index is -0.949. The average Bonchev–Trinajstić information content (AvgIpc) is 3.35. The molecule has 9 nitrogen and oxygen atoms in total. The van der Waals surface area contributed by atoms with Crippen LogP contribution in [0.1, 0.15) is 48.9 Å². The number of nitrogens with zero attached hydrogens (tertiary/aromatic N) is 4. The van der Waals surface area contributed by atoms with Gasteiger partial charge in [-0.1, -0.05) is 53.8 Å². The molecule has 3 aromatic carbocycles. The minimum Gasteiger partial charge on any atom is -0.463 e. The number of nitro benzene ring substituents is 1. The van der Waals surface area contributed by atoms with Crippen molar-refractivity contribution in [3.05, 3.63) is 131 Å². The molecule has 1 saturated heterocycles. The van der Waals surface area contributed by atoms with Gasteiger partial charge in [0.2, 0.25) is 0 Å². The predicted molar refractivity (Wildman–Crippen MR) is 167 cm³/mol. The zero-order valence-electron chi connectivity index (χ0n) is 23.9. The number of rotatable bonds is 7. The molecule has 1 unspecified atom stereocenters. The number of carbonyl (C=O) groups excluding carboxylic acids is 1. The summed E-state index contributed by atoms with van der Waals surface area (Å²) < 4.78 is 21.2. The maximum Gasteiger partial charge on any atom is 0.338 e. The number of fused-ring (bicyclic) bond motifs is 1. The Hall–Kier alpha value is -4.90. The number of non-ortho nitro benzene ring substituents is 1. The van der Waals surface area contributed by atoms with Gasteiger partial charge in [-0.15, -0.1) is 0 Å². The van der Waals surface area contributed by atoms with Crippen molar-refractivity contribution < 1.29 is 18.8 Å². The Kier molecular flexibility index (Phi) is 8.21. The number of benzene rings is 3. The summed E-state index contributed by atoms with van der Waals surface area (Å²) in [5.74, 6) is -1.09. The van der Waals surface area contributed by atoms with E-state index in [1.807, 2.05) is 30.3 Å². The van der Waals surface area contributed by atoms with Gasteiger partial charge in [-0.05, 0) is 56.0 Å². The van der Waals surface area contributed by atoms with Crippen LogP contribution >= 0.6 is 11.3 Å². The zero-order valence-corrected chi connectivity index (χ0v) is 24.8. The molecule has 0 amide bonds. The summed E-state index contributed by atoms with van der Waals surface area (Å²) in [4.78, 5) is 46.4. The van der Waals surface area contributed by atoms with Crippen molar-refractivity contribution in [3.8, 4) is 0 Å². The molecule has 2 aliphatic rings. The highest BCUT2D eigenvalue weighted by atomic mass is 32.1. The van der Waals surface area contributed by atoms with Crippen molar-refractivity contribution >= 4 is 40.5 Å². The normalized spacial score (nSPS) is 16.8. The quantitative estimate of drug-likeness (QED) is 0.166. The van der Waals surface area contributed by atoms with Gasteiger partial charge >= 0.3 is 5.97 Å². The van der Waals surface area contributed by atoms with Crippen LogP contribution in [0.5, 0.6) is 0 Å². The number of esters is 1. The molecule has 6 rings (SSSR count). The number of nitro groups is 1. The average molecular weight is 613 g/mol. The molecule has 2 aliphatic heterocycles. The summed E-state index contributed by atoms with van der Waals surface area (Å²) >= 11 is 1.13. The largest absolute Gasteiger partial charge is 0.463 e. The molecule has 0 bridgehead atoms. The molecule has 0 aliphatic carbocycles. The number of hydrogen-bond donors (Lipinski definition) is 0. The van der Waals surface area contributed by atoms with Crippen LogP contribution in [0.3, 0.4) is 0 Å². The second-order valence-corrected chi connectivity index (χ2v) is 11.5. The lowest BCUT2D eigenvalue weighted by Gasteiger charge is -2.30. The van der Waals surface area contributed by atoms with Crippen molar-refractivity contribution in [3.63, 3.8) is 0 Å². The van der Waals surface area contributed by atoms with Crippen molar-refractivity contribution in [2.45, 2.75) is 32.2 Å². The monoisotopic (exact) mass is 612 g/mol. The topological polar surface area (TPSA) is 107 Å². The summed E-state index contributed by atoms with van der Waals surface area (Å²) in [5, 5.41) is 11.7.